The van der Waals surface area contributed by atoms with Crippen molar-refractivity contribution in [3.8, 4) is 0 Å². The second-order valence-electron chi connectivity index (χ2n) is 5.60. The van der Waals surface area contributed by atoms with Gasteiger partial charge in [-0.15, -0.1) is 0 Å². The average Bonchev–Trinajstić information content (AvgIpc) is 2.94. The summed E-state index contributed by atoms with van der Waals surface area (Å²) in [5.74, 6) is 0.566. The van der Waals surface area contributed by atoms with E-state index < -0.39 is 0 Å². The average molecular weight is 272 g/mol. The zero-order valence-corrected chi connectivity index (χ0v) is 11.4. The maximum atomic E-state index is 11.2. The van der Waals surface area contributed by atoms with Crippen LogP contribution in [0.4, 0.5) is 5.69 Å². The molecule has 20 heavy (non-hydrogen) atoms. The number of nitrogens with two attached hydrogens (primary N) is 1. The minimum absolute atomic E-state index is 0.0866. The van der Waals surface area contributed by atoms with E-state index in [-0.39, 0.29) is 11.8 Å². The van der Waals surface area contributed by atoms with E-state index in [1.807, 2.05) is 24.5 Å². The molecule has 4 N–H and O–H groups in total. The van der Waals surface area contributed by atoms with E-state index in [9.17, 15) is 4.79 Å². The number of aromatic amines is 1. The molecule has 0 unspecified atom stereocenters. The van der Waals surface area contributed by atoms with Crippen molar-refractivity contribution in [1.82, 2.24) is 9.97 Å². The monoisotopic (exact) mass is 272 g/mol. The zero-order chi connectivity index (χ0) is 13.9. The fourth-order valence-corrected chi connectivity index (χ4v) is 3.02. The second-order valence-corrected chi connectivity index (χ2v) is 5.60. The molecule has 5 nitrogen and oxygen atoms in total. The molecule has 3 rings (SSSR count). The number of amides is 1. The highest BCUT2D eigenvalue weighted by atomic mass is 16.1. The van der Waals surface area contributed by atoms with Gasteiger partial charge in [0.05, 0.1) is 0 Å². The third kappa shape index (κ3) is 2.61. The van der Waals surface area contributed by atoms with E-state index in [0.717, 1.165) is 48.9 Å². The van der Waals surface area contributed by atoms with Gasteiger partial charge in [0, 0.05) is 35.9 Å². The predicted molar refractivity (Wildman–Crippen MR) is 79.2 cm³/mol. The molecular formula is C15H20N4O. The molecule has 1 saturated carbocycles. The lowest BCUT2D eigenvalue weighted by atomic mass is 9.81. The fraction of sp³-hybridized carbons (Fsp3) is 0.467. The van der Waals surface area contributed by atoms with E-state index >= 15 is 0 Å². The predicted octanol–water partition coefficient (Wildman–Crippen LogP) is 2.27. The Hall–Kier alpha value is -2.04. The lowest BCUT2D eigenvalue weighted by Gasteiger charge is -2.27. The van der Waals surface area contributed by atoms with Gasteiger partial charge in [0.15, 0.2) is 0 Å². The minimum Gasteiger partial charge on any atom is -0.384 e. The molecule has 0 atom stereocenters. The van der Waals surface area contributed by atoms with Gasteiger partial charge in [-0.1, -0.05) is 0 Å². The van der Waals surface area contributed by atoms with Crippen molar-refractivity contribution in [2.45, 2.75) is 25.7 Å². The molecule has 1 fully saturated rings. The quantitative estimate of drug-likeness (QED) is 0.798. The summed E-state index contributed by atoms with van der Waals surface area (Å²) in [6, 6.07) is 4.04. The van der Waals surface area contributed by atoms with Gasteiger partial charge >= 0.3 is 0 Å². The number of hydrogen-bond acceptors (Lipinski definition) is 3. The van der Waals surface area contributed by atoms with E-state index in [0.29, 0.717) is 5.92 Å². The van der Waals surface area contributed by atoms with Gasteiger partial charge < -0.3 is 16.0 Å². The first-order valence-electron chi connectivity index (χ1n) is 7.19. The van der Waals surface area contributed by atoms with Crippen molar-refractivity contribution in [1.29, 1.82) is 0 Å². The first-order chi connectivity index (χ1) is 9.74. The Labute approximate surface area is 118 Å². The van der Waals surface area contributed by atoms with Crippen molar-refractivity contribution in [3.05, 3.63) is 24.5 Å². The SMILES string of the molecule is NC(=O)C1CCC(CNc2ccnc3[nH]ccc23)CC1. The number of hydrogen-bond donors (Lipinski definition) is 3. The van der Waals surface area contributed by atoms with Crippen LogP contribution in [-0.4, -0.2) is 22.4 Å². The van der Waals surface area contributed by atoms with Crippen LogP contribution in [0.15, 0.2) is 24.5 Å². The van der Waals surface area contributed by atoms with Crippen LogP contribution in [0.2, 0.25) is 0 Å². The maximum Gasteiger partial charge on any atom is 0.220 e. The van der Waals surface area contributed by atoms with Gasteiger partial charge in [-0.05, 0) is 43.7 Å². The molecule has 0 radical (unpaired) electrons. The van der Waals surface area contributed by atoms with Crippen LogP contribution < -0.4 is 11.1 Å². The summed E-state index contributed by atoms with van der Waals surface area (Å²) in [6.45, 7) is 0.940. The summed E-state index contributed by atoms with van der Waals surface area (Å²) < 4.78 is 0. The Kier molecular flexibility index (Phi) is 3.58. The fourth-order valence-electron chi connectivity index (χ4n) is 3.02. The molecule has 2 aromatic rings. The lowest BCUT2D eigenvalue weighted by Crippen LogP contribution is -2.29. The first-order valence-corrected chi connectivity index (χ1v) is 7.19. The number of primary amides is 1. The number of pyridine rings is 1. The third-order valence-corrected chi connectivity index (χ3v) is 4.29. The van der Waals surface area contributed by atoms with Crippen LogP contribution >= 0.6 is 0 Å². The molecule has 0 saturated heterocycles. The number of carbonyl (C=O) groups is 1. The molecule has 1 aliphatic rings. The van der Waals surface area contributed by atoms with E-state index in [4.69, 9.17) is 5.73 Å². The number of carbonyl (C=O) groups excluding carboxylic acids is 1. The Morgan fingerprint density at radius 1 is 1.35 bits per heavy atom. The van der Waals surface area contributed by atoms with Gasteiger partial charge in [0.1, 0.15) is 5.65 Å². The molecule has 106 valence electrons. The van der Waals surface area contributed by atoms with Crippen molar-refractivity contribution in [2.24, 2.45) is 17.6 Å². The third-order valence-electron chi connectivity index (χ3n) is 4.29. The van der Waals surface area contributed by atoms with Crippen molar-refractivity contribution in [2.75, 3.05) is 11.9 Å². The Bertz CT molecular complexity index is 599. The van der Waals surface area contributed by atoms with Crippen LogP contribution in [0.25, 0.3) is 11.0 Å². The standard InChI is InChI=1S/C15H20N4O/c16-14(20)11-3-1-10(2-4-11)9-19-13-6-8-18-15-12(13)5-7-17-15/h5-8,10-11H,1-4,9H2,(H2,16,20)(H2,17,18,19). The lowest BCUT2D eigenvalue weighted by molar-refractivity contribution is -0.122. The summed E-state index contributed by atoms with van der Waals surface area (Å²) in [5.41, 5.74) is 7.39. The van der Waals surface area contributed by atoms with Crippen molar-refractivity contribution < 1.29 is 4.79 Å². The molecule has 0 spiro atoms. The van der Waals surface area contributed by atoms with E-state index in [1.165, 1.54) is 0 Å². The van der Waals surface area contributed by atoms with Gasteiger partial charge in [0.25, 0.3) is 0 Å². The smallest absolute Gasteiger partial charge is 0.220 e. The van der Waals surface area contributed by atoms with Crippen LogP contribution in [0, 0.1) is 11.8 Å². The highest BCUT2D eigenvalue weighted by molar-refractivity contribution is 5.89. The van der Waals surface area contributed by atoms with Crippen LogP contribution in [0.3, 0.4) is 0 Å². The van der Waals surface area contributed by atoms with Gasteiger partial charge in [-0.3, -0.25) is 4.79 Å². The summed E-state index contributed by atoms with van der Waals surface area (Å²) >= 11 is 0. The normalized spacial score (nSPS) is 22.8. The van der Waals surface area contributed by atoms with Crippen LogP contribution in [-0.2, 0) is 4.79 Å². The molecule has 0 aromatic carbocycles. The van der Waals surface area contributed by atoms with Crippen molar-refractivity contribution in [3.63, 3.8) is 0 Å². The number of H-pyrrole nitrogens is 1. The number of nitrogens with one attached hydrogen (secondary N) is 2. The summed E-state index contributed by atoms with van der Waals surface area (Å²) in [4.78, 5) is 18.5. The Morgan fingerprint density at radius 3 is 2.90 bits per heavy atom. The van der Waals surface area contributed by atoms with E-state index in [1.54, 1.807) is 0 Å². The molecule has 0 aliphatic heterocycles. The Morgan fingerprint density at radius 2 is 2.15 bits per heavy atom. The molecule has 1 amide bonds. The molecule has 2 aromatic heterocycles. The number of anilines is 1. The topological polar surface area (TPSA) is 83.8 Å². The summed E-state index contributed by atoms with van der Waals surface area (Å²) in [6.07, 6.45) is 7.71. The maximum absolute atomic E-state index is 11.2. The largest absolute Gasteiger partial charge is 0.384 e. The molecular weight excluding hydrogens is 252 g/mol. The van der Waals surface area contributed by atoms with Crippen molar-refractivity contribution >= 4 is 22.6 Å². The molecule has 0 bridgehead atoms. The second kappa shape index (κ2) is 5.53. The van der Waals surface area contributed by atoms with Crippen LogP contribution in [0.5, 0.6) is 0 Å². The molecule has 5 heteroatoms. The number of nitrogens with zero attached hydrogens (tertiary/aromatic N) is 1. The van der Waals surface area contributed by atoms with Gasteiger partial charge in [0.2, 0.25) is 5.91 Å². The molecule has 2 heterocycles. The number of rotatable bonds is 4. The summed E-state index contributed by atoms with van der Waals surface area (Å²) in [7, 11) is 0. The zero-order valence-electron chi connectivity index (χ0n) is 11.4. The van der Waals surface area contributed by atoms with Gasteiger partial charge in [-0.2, -0.15) is 0 Å². The Balaban J connectivity index is 1.58. The number of aromatic nitrogens is 2. The summed E-state index contributed by atoms with van der Waals surface area (Å²) in [5, 5.41) is 4.63. The van der Waals surface area contributed by atoms with Crippen LogP contribution in [0.1, 0.15) is 25.7 Å². The highest BCUT2D eigenvalue weighted by Crippen LogP contribution is 2.29. The van der Waals surface area contributed by atoms with Gasteiger partial charge in [-0.25, -0.2) is 4.98 Å². The minimum atomic E-state index is -0.139. The first kappa shape index (κ1) is 13.0. The molecule has 1 aliphatic carbocycles. The van der Waals surface area contributed by atoms with E-state index in [2.05, 4.69) is 15.3 Å². The number of fused-ring (bicyclic) bond motifs is 1. The highest BCUT2D eigenvalue weighted by Gasteiger charge is 2.24.